The molecule has 0 aromatic heterocycles. The van der Waals surface area contributed by atoms with E-state index in [1.807, 2.05) is 24.1 Å². The van der Waals surface area contributed by atoms with Crippen LogP contribution in [0.25, 0.3) is 0 Å². The van der Waals surface area contributed by atoms with Crippen LogP contribution in [0, 0.1) is 0 Å². The Labute approximate surface area is 154 Å². The molecule has 3 nitrogen and oxygen atoms in total. The quantitative estimate of drug-likeness (QED) is 0.640. The van der Waals surface area contributed by atoms with Gasteiger partial charge in [0.15, 0.2) is 0 Å². The first-order chi connectivity index (χ1) is 11.6. The molecular formula is C19H27ClN2OS. The van der Waals surface area contributed by atoms with Crippen molar-refractivity contribution in [2.24, 2.45) is 0 Å². The first-order valence-corrected chi connectivity index (χ1v) is 10.2. The lowest BCUT2D eigenvalue weighted by atomic mass is 9.92. The van der Waals surface area contributed by atoms with Crippen LogP contribution in [0.3, 0.4) is 0 Å². The highest BCUT2D eigenvalue weighted by Crippen LogP contribution is 2.38. The van der Waals surface area contributed by atoms with Gasteiger partial charge in [-0.2, -0.15) is 0 Å². The van der Waals surface area contributed by atoms with Crippen molar-refractivity contribution < 1.29 is 4.79 Å². The molecule has 1 amide bonds. The zero-order valence-electron chi connectivity index (χ0n) is 14.6. The van der Waals surface area contributed by atoms with Crippen molar-refractivity contribution in [3.8, 4) is 0 Å². The number of rotatable bonds is 7. The number of benzene rings is 1. The van der Waals surface area contributed by atoms with Gasteiger partial charge in [-0.15, -0.1) is 0 Å². The lowest BCUT2D eigenvalue weighted by molar-refractivity contribution is -0.140. The standard InChI is InChI=1S/C19H27ClN2OS/c1-3-16(13-21(2)24-17-11-12-17)22-18(5-4-6-19(22)23)14-7-9-15(20)10-8-14/h7-10,16-18H,3-6,11-13H2,1-2H3/t16?,18-/m0/s1. The minimum atomic E-state index is 0.188. The van der Waals surface area contributed by atoms with E-state index in [1.54, 1.807) is 0 Å². The van der Waals surface area contributed by atoms with E-state index in [0.717, 1.165) is 36.1 Å². The van der Waals surface area contributed by atoms with E-state index in [4.69, 9.17) is 11.6 Å². The molecule has 0 spiro atoms. The van der Waals surface area contributed by atoms with Crippen LogP contribution in [0.5, 0.6) is 0 Å². The normalized spacial score (nSPS) is 22.9. The SMILES string of the molecule is CCC(CN(C)SC1CC1)N1C(=O)CCC[C@H]1c1ccc(Cl)cc1. The second kappa shape index (κ2) is 8.11. The molecule has 1 saturated carbocycles. The Morgan fingerprint density at radius 1 is 1.29 bits per heavy atom. The largest absolute Gasteiger partial charge is 0.331 e. The zero-order valence-corrected chi connectivity index (χ0v) is 16.2. The van der Waals surface area contributed by atoms with E-state index >= 15 is 0 Å². The Morgan fingerprint density at radius 3 is 2.62 bits per heavy atom. The summed E-state index contributed by atoms with van der Waals surface area (Å²) in [5.74, 6) is 0.304. The summed E-state index contributed by atoms with van der Waals surface area (Å²) in [5.41, 5.74) is 1.21. The van der Waals surface area contributed by atoms with Gasteiger partial charge in [-0.3, -0.25) is 9.10 Å². The number of carbonyl (C=O) groups excluding carboxylic acids is 1. The molecule has 1 aliphatic heterocycles. The molecule has 1 aromatic carbocycles. The molecule has 5 heteroatoms. The average Bonchev–Trinajstić information content (AvgIpc) is 3.37. The van der Waals surface area contributed by atoms with Crippen LogP contribution in [0.2, 0.25) is 5.02 Å². The summed E-state index contributed by atoms with van der Waals surface area (Å²) in [5, 5.41) is 1.55. The molecule has 3 rings (SSSR count). The molecule has 1 unspecified atom stereocenters. The van der Waals surface area contributed by atoms with Crippen molar-refractivity contribution >= 4 is 29.5 Å². The van der Waals surface area contributed by atoms with E-state index in [9.17, 15) is 4.79 Å². The summed E-state index contributed by atoms with van der Waals surface area (Å²) in [6, 6.07) is 8.48. The van der Waals surface area contributed by atoms with Gasteiger partial charge in [-0.1, -0.05) is 42.6 Å². The number of piperidine rings is 1. The van der Waals surface area contributed by atoms with Crippen molar-refractivity contribution in [2.45, 2.75) is 62.8 Å². The number of likely N-dealkylation sites (tertiary alicyclic amines) is 1. The molecule has 132 valence electrons. The smallest absolute Gasteiger partial charge is 0.223 e. The molecule has 0 radical (unpaired) electrons. The number of likely N-dealkylation sites (N-methyl/N-ethyl adjacent to an activating group) is 1. The molecule has 1 saturated heterocycles. The Balaban J connectivity index is 1.75. The predicted octanol–water partition coefficient (Wildman–Crippen LogP) is 4.91. The summed E-state index contributed by atoms with van der Waals surface area (Å²) in [4.78, 5) is 14.9. The van der Waals surface area contributed by atoms with Gasteiger partial charge in [0.25, 0.3) is 0 Å². The van der Waals surface area contributed by atoms with Gasteiger partial charge in [0.2, 0.25) is 5.91 Å². The molecule has 2 fully saturated rings. The number of nitrogens with zero attached hydrogens (tertiary/aromatic N) is 2. The fourth-order valence-corrected chi connectivity index (χ4v) is 4.78. The summed E-state index contributed by atoms with van der Waals surface area (Å²) in [7, 11) is 2.16. The number of amides is 1. The maximum absolute atomic E-state index is 12.7. The van der Waals surface area contributed by atoms with Gasteiger partial charge >= 0.3 is 0 Å². The van der Waals surface area contributed by atoms with Crippen molar-refractivity contribution in [1.82, 2.24) is 9.21 Å². The fourth-order valence-electron chi connectivity index (χ4n) is 3.54. The van der Waals surface area contributed by atoms with E-state index in [0.29, 0.717) is 12.3 Å². The Kier molecular flexibility index (Phi) is 6.12. The first kappa shape index (κ1) is 18.1. The molecule has 24 heavy (non-hydrogen) atoms. The molecule has 1 heterocycles. The van der Waals surface area contributed by atoms with Gasteiger partial charge in [-0.25, -0.2) is 0 Å². The van der Waals surface area contributed by atoms with Gasteiger partial charge in [0, 0.05) is 29.3 Å². The Hall–Kier alpha value is -0.710. The fraction of sp³-hybridized carbons (Fsp3) is 0.632. The zero-order chi connectivity index (χ0) is 17.1. The first-order valence-electron chi connectivity index (χ1n) is 9.03. The highest BCUT2D eigenvalue weighted by Gasteiger charge is 2.35. The topological polar surface area (TPSA) is 23.6 Å². The van der Waals surface area contributed by atoms with Gasteiger partial charge in [0.1, 0.15) is 0 Å². The van der Waals surface area contributed by atoms with Crippen LogP contribution in [-0.2, 0) is 4.79 Å². The van der Waals surface area contributed by atoms with Crippen LogP contribution >= 0.6 is 23.5 Å². The molecule has 2 aliphatic rings. The minimum absolute atomic E-state index is 0.188. The van der Waals surface area contributed by atoms with E-state index < -0.39 is 0 Å². The maximum Gasteiger partial charge on any atom is 0.223 e. The number of halogens is 1. The minimum Gasteiger partial charge on any atom is -0.331 e. The second-order valence-corrected chi connectivity index (χ2v) is 8.88. The monoisotopic (exact) mass is 366 g/mol. The predicted molar refractivity (Wildman–Crippen MR) is 102 cm³/mol. The summed E-state index contributed by atoms with van der Waals surface area (Å²) >= 11 is 7.99. The van der Waals surface area contributed by atoms with Crippen LogP contribution in [-0.4, -0.2) is 40.0 Å². The van der Waals surface area contributed by atoms with E-state index in [2.05, 4.69) is 35.3 Å². The molecule has 0 N–H and O–H groups in total. The molecule has 1 aliphatic carbocycles. The third kappa shape index (κ3) is 4.47. The lowest BCUT2D eigenvalue weighted by Crippen LogP contribution is -2.48. The van der Waals surface area contributed by atoms with E-state index in [1.165, 1.54) is 18.4 Å². The molecular weight excluding hydrogens is 340 g/mol. The molecule has 0 bridgehead atoms. The average molecular weight is 367 g/mol. The van der Waals surface area contributed by atoms with Crippen molar-refractivity contribution in [2.75, 3.05) is 13.6 Å². The van der Waals surface area contributed by atoms with Gasteiger partial charge in [0.05, 0.1) is 6.04 Å². The van der Waals surface area contributed by atoms with Crippen molar-refractivity contribution in [1.29, 1.82) is 0 Å². The van der Waals surface area contributed by atoms with Crippen LogP contribution < -0.4 is 0 Å². The summed E-state index contributed by atoms with van der Waals surface area (Å²) in [6.07, 6.45) is 6.37. The Morgan fingerprint density at radius 2 is 2.00 bits per heavy atom. The highest BCUT2D eigenvalue weighted by molar-refractivity contribution is 7.97. The lowest BCUT2D eigenvalue weighted by Gasteiger charge is -2.42. The molecule has 1 aromatic rings. The molecule has 2 atom stereocenters. The number of carbonyl (C=O) groups is 1. The van der Waals surface area contributed by atoms with Crippen molar-refractivity contribution in [3.63, 3.8) is 0 Å². The van der Waals surface area contributed by atoms with Crippen LogP contribution in [0.1, 0.15) is 57.1 Å². The van der Waals surface area contributed by atoms with Crippen LogP contribution in [0.15, 0.2) is 24.3 Å². The van der Waals surface area contributed by atoms with Gasteiger partial charge < -0.3 is 4.90 Å². The van der Waals surface area contributed by atoms with Gasteiger partial charge in [-0.05, 0) is 56.8 Å². The van der Waals surface area contributed by atoms with Crippen molar-refractivity contribution in [3.05, 3.63) is 34.9 Å². The number of hydrogen-bond donors (Lipinski definition) is 0. The summed E-state index contributed by atoms with van der Waals surface area (Å²) in [6.45, 7) is 3.13. The Bertz CT molecular complexity index is 561. The van der Waals surface area contributed by atoms with E-state index in [-0.39, 0.29) is 12.1 Å². The van der Waals surface area contributed by atoms with Crippen LogP contribution in [0.4, 0.5) is 0 Å². The second-order valence-electron chi connectivity index (χ2n) is 6.94. The maximum atomic E-state index is 12.7. The number of hydrogen-bond acceptors (Lipinski definition) is 3. The highest BCUT2D eigenvalue weighted by atomic mass is 35.5. The third-order valence-corrected chi connectivity index (χ3v) is 6.46. The third-order valence-electron chi connectivity index (χ3n) is 4.93. The summed E-state index contributed by atoms with van der Waals surface area (Å²) < 4.78 is 2.34.